The summed E-state index contributed by atoms with van der Waals surface area (Å²) in [5, 5.41) is 4.61. The van der Waals surface area contributed by atoms with Gasteiger partial charge in [-0.15, -0.1) is 0 Å². The van der Waals surface area contributed by atoms with E-state index in [0.717, 1.165) is 33.5 Å². The number of amides is 1. The number of ether oxygens (including phenoxy) is 1. The third-order valence-electron chi connectivity index (χ3n) is 5.96. The molecule has 3 aromatic carbocycles. The summed E-state index contributed by atoms with van der Waals surface area (Å²) >= 11 is 6.08. The average Bonchev–Trinajstić information content (AvgIpc) is 3.28. The van der Waals surface area contributed by atoms with Gasteiger partial charge in [-0.2, -0.15) is 0 Å². The molecule has 32 heavy (non-hydrogen) atoms. The lowest BCUT2D eigenvalue weighted by atomic mass is 10.0. The number of aryl methyl sites for hydroxylation is 2. The van der Waals surface area contributed by atoms with E-state index >= 15 is 0 Å². The van der Waals surface area contributed by atoms with Gasteiger partial charge in [0.1, 0.15) is 12.4 Å². The first-order valence-corrected chi connectivity index (χ1v) is 11.0. The van der Waals surface area contributed by atoms with E-state index < -0.39 is 0 Å². The predicted octanol–water partition coefficient (Wildman–Crippen LogP) is 6.48. The van der Waals surface area contributed by atoms with Crippen LogP contribution in [0.15, 0.2) is 66.9 Å². The fraction of sp³-hybridized carbons (Fsp3) is 0.148. The van der Waals surface area contributed by atoms with Gasteiger partial charge >= 0.3 is 0 Å². The Morgan fingerprint density at radius 1 is 1.03 bits per heavy atom. The molecule has 1 aromatic heterocycles. The maximum absolute atomic E-state index is 12.6. The lowest BCUT2D eigenvalue weighted by Crippen LogP contribution is -2.07. The van der Waals surface area contributed by atoms with E-state index in [9.17, 15) is 4.79 Å². The van der Waals surface area contributed by atoms with Crippen LogP contribution in [-0.2, 0) is 11.3 Å². The largest absolute Gasteiger partial charge is 0.492 e. The highest BCUT2D eigenvalue weighted by Gasteiger charge is 2.24. The van der Waals surface area contributed by atoms with Crippen molar-refractivity contribution in [2.75, 3.05) is 11.9 Å². The Hall–Kier alpha value is -3.50. The summed E-state index contributed by atoms with van der Waals surface area (Å²) in [7, 11) is 0. The normalized spacial score (nSPS) is 14.1. The van der Waals surface area contributed by atoms with Crippen LogP contribution in [0.2, 0.25) is 5.02 Å². The number of hydrogen-bond acceptors (Lipinski definition) is 2. The van der Waals surface area contributed by atoms with Crippen molar-refractivity contribution in [1.82, 2.24) is 4.57 Å². The lowest BCUT2D eigenvalue weighted by Gasteiger charge is -2.10. The topological polar surface area (TPSA) is 43.3 Å². The monoisotopic (exact) mass is 442 g/mol. The van der Waals surface area contributed by atoms with Gasteiger partial charge in [0.2, 0.25) is 0 Å². The Labute approximate surface area is 192 Å². The van der Waals surface area contributed by atoms with E-state index in [1.165, 1.54) is 11.1 Å². The fourth-order valence-electron chi connectivity index (χ4n) is 4.11. The quantitative estimate of drug-likeness (QED) is 0.359. The second-order valence-corrected chi connectivity index (χ2v) is 8.53. The molecule has 0 spiro atoms. The van der Waals surface area contributed by atoms with Crippen molar-refractivity contribution in [1.29, 1.82) is 0 Å². The van der Waals surface area contributed by atoms with Crippen molar-refractivity contribution in [3.8, 4) is 5.75 Å². The Bertz CT molecular complexity index is 1380. The third-order valence-corrected chi connectivity index (χ3v) is 6.20. The maximum atomic E-state index is 12.6. The number of nitrogens with zero attached hydrogens (tertiary/aromatic N) is 1. The molecular weight excluding hydrogens is 420 g/mol. The van der Waals surface area contributed by atoms with Crippen LogP contribution < -0.4 is 10.1 Å². The van der Waals surface area contributed by atoms with Crippen LogP contribution in [0.25, 0.3) is 22.6 Å². The summed E-state index contributed by atoms with van der Waals surface area (Å²) in [6.07, 6.45) is 4.04. The van der Waals surface area contributed by atoms with Crippen LogP contribution in [0.3, 0.4) is 0 Å². The highest BCUT2D eigenvalue weighted by Crippen LogP contribution is 2.36. The number of aromatic nitrogens is 1. The van der Waals surface area contributed by atoms with Crippen LogP contribution >= 0.6 is 11.6 Å². The Morgan fingerprint density at radius 3 is 2.72 bits per heavy atom. The summed E-state index contributed by atoms with van der Waals surface area (Å²) in [6, 6.07) is 19.9. The predicted molar refractivity (Wildman–Crippen MR) is 131 cm³/mol. The molecule has 0 fully saturated rings. The molecule has 0 atom stereocenters. The van der Waals surface area contributed by atoms with Crippen molar-refractivity contribution in [2.45, 2.75) is 20.4 Å². The van der Waals surface area contributed by atoms with Crippen LogP contribution in [0.1, 0.15) is 22.3 Å². The van der Waals surface area contributed by atoms with Crippen molar-refractivity contribution in [3.63, 3.8) is 0 Å². The van der Waals surface area contributed by atoms with Crippen LogP contribution in [0, 0.1) is 13.8 Å². The summed E-state index contributed by atoms with van der Waals surface area (Å²) in [4.78, 5) is 12.6. The summed E-state index contributed by atoms with van der Waals surface area (Å²) < 4.78 is 8.18. The van der Waals surface area contributed by atoms with Gasteiger partial charge in [-0.05, 0) is 61.4 Å². The van der Waals surface area contributed by atoms with E-state index in [4.69, 9.17) is 16.3 Å². The van der Waals surface area contributed by atoms with E-state index in [-0.39, 0.29) is 5.91 Å². The summed E-state index contributed by atoms with van der Waals surface area (Å²) in [6.45, 7) is 5.44. The van der Waals surface area contributed by atoms with Crippen molar-refractivity contribution >= 4 is 45.7 Å². The first-order valence-electron chi connectivity index (χ1n) is 10.6. The van der Waals surface area contributed by atoms with E-state index in [0.29, 0.717) is 23.7 Å². The van der Waals surface area contributed by atoms with Gasteiger partial charge in [-0.1, -0.05) is 41.9 Å². The highest BCUT2D eigenvalue weighted by atomic mass is 35.5. The molecule has 1 amide bonds. The minimum atomic E-state index is -0.114. The molecule has 1 aliphatic rings. The van der Waals surface area contributed by atoms with Gasteiger partial charge < -0.3 is 14.6 Å². The molecule has 0 saturated heterocycles. The molecule has 4 aromatic rings. The molecule has 1 N–H and O–H groups in total. The molecule has 5 rings (SSSR count). The minimum absolute atomic E-state index is 0.114. The summed E-state index contributed by atoms with van der Waals surface area (Å²) in [5.74, 6) is 0.766. The molecule has 0 radical (unpaired) electrons. The molecule has 0 saturated carbocycles. The SMILES string of the molecule is Cc1ccc(OCCn2cc(/C=C3/C(=O)Nc4cc(Cl)ccc43)c3ccccc32)cc1C. The molecule has 1 aliphatic heterocycles. The molecule has 0 bridgehead atoms. The number of fused-ring (bicyclic) bond motifs is 2. The van der Waals surface area contributed by atoms with Gasteiger partial charge in [0.15, 0.2) is 0 Å². The number of anilines is 1. The van der Waals surface area contributed by atoms with Gasteiger partial charge in [-0.3, -0.25) is 4.79 Å². The van der Waals surface area contributed by atoms with Crippen LogP contribution in [0.5, 0.6) is 5.75 Å². The highest BCUT2D eigenvalue weighted by molar-refractivity contribution is 6.36. The molecule has 5 heteroatoms. The van der Waals surface area contributed by atoms with E-state index in [2.05, 4.69) is 54.2 Å². The number of hydrogen-bond donors (Lipinski definition) is 1. The summed E-state index contributed by atoms with van der Waals surface area (Å²) in [5.41, 5.74) is 6.85. The number of rotatable bonds is 5. The number of carbonyl (C=O) groups is 1. The van der Waals surface area contributed by atoms with Crippen LogP contribution in [-0.4, -0.2) is 17.1 Å². The van der Waals surface area contributed by atoms with Gasteiger partial charge in [0.05, 0.1) is 12.2 Å². The Balaban J connectivity index is 1.44. The molecular formula is C27H23ClN2O2. The second kappa shape index (κ2) is 8.21. The number of benzene rings is 3. The van der Waals surface area contributed by atoms with Gasteiger partial charge in [0, 0.05) is 38.8 Å². The second-order valence-electron chi connectivity index (χ2n) is 8.09. The number of halogens is 1. The van der Waals surface area contributed by atoms with Gasteiger partial charge in [-0.25, -0.2) is 0 Å². The zero-order valence-electron chi connectivity index (χ0n) is 18.0. The lowest BCUT2D eigenvalue weighted by molar-refractivity contribution is -0.110. The maximum Gasteiger partial charge on any atom is 0.256 e. The molecule has 0 unspecified atom stereocenters. The Kier molecular flexibility index (Phi) is 5.24. The zero-order chi connectivity index (χ0) is 22.2. The van der Waals surface area contributed by atoms with Crippen molar-refractivity contribution < 1.29 is 9.53 Å². The zero-order valence-corrected chi connectivity index (χ0v) is 18.7. The smallest absolute Gasteiger partial charge is 0.256 e. The van der Waals surface area contributed by atoms with Crippen molar-refractivity contribution in [3.05, 3.63) is 94.1 Å². The minimum Gasteiger partial charge on any atom is -0.492 e. The van der Waals surface area contributed by atoms with Gasteiger partial charge in [0.25, 0.3) is 5.91 Å². The molecule has 4 nitrogen and oxygen atoms in total. The first-order chi connectivity index (χ1) is 15.5. The molecule has 0 aliphatic carbocycles. The van der Waals surface area contributed by atoms with E-state index in [1.807, 2.05) is 36.4 Å². The van der Waals surface area contributed by atoms with Crippen molar-refractivity contribution in [2.24, 2.45) is 0 Å². The number of para-hydroxylation sites is 1. The standard InChI is InChI=1S/C27H23ClN2O2/c1-17-7-9-21(13-18(17)2)32-12-11-30-16-19(22-5-3-4-6-26(22)30)14-24-23-10-8-20(28)15-25(23)29-27(24)31/h3-10,13-16H,11-12H2,1-2H3,(H,29,31)/b24-14+. The van der Waals surface area contributed by atoms with Crippen LogP contribution in [0.4, 0.5) is 5.69 Å². The number of nitrogens with one attached hydrogen (secondary N) is 1. The molecule has 160 valence electrons. The Morgan fingerprint density at radius 2 is 1.88 bits per heavy atom. The molecule has 2 heterocycles. The average molecular weight is 443 g/mol. The van der Waals surface area contributed by atoms with E-state index in [1.54, 1.807) is 6.07 Å². The third kappa shape index (κ3) is 3.78. The number of carbonyl (C=O) groups excluding carboxylic acids is 1. The first kappa shape index (κ1) is 20.4. The fourth-order valence-corrected chi connectivity index (χ4v) is 4.28.